The number of nitrogens with two attached hydrogens (primary N) is 3. The number of hydrogen-bond acceptors (Lipinski definition) is 7. The first kappa shape index (κ1) is 13.1. The number of benzene rings is 1. The molecule has 0 aliphatic rings. The van der Waals surface area contributed by atoms with E-state index < -0.39 is 14.9 Å². The lowest BCUT2D eigenvalue weighted by Crippen LogP contribution is -2.18. The van der Waals surface area contributed by atoms with E-state index in [1.54, 1.807) is 30.3 Å². The maximum Gasteiger partial charge on any atom is 0.325 e. The molecule has 0 saturated carbocycles. The van der Waals surface area contributed by atoms with Crippen LogP contribution in [0.1, 0.15) is 0 Å². The second kappa shape index (κ2) is 4.71. The minimum absolute atomic E-state index is 0.159. The highest BCUT2D eigenvalue weighted by Crippen LogP contribution is 2.25. The monoisotopic (exact) mass is 281 g/mol. The van der Waals surface area contributed by atoms with Gasteiger partial charge in [0.25, 0.3) is 0 Å². The number of aromatic nitrogens is 2. The van der Waals surface area contributed by atoms with Crippen LogP contribution in [-0.4, -0.2) is 18.4 Å². The summed E-state index contributed by atoms with van der Waals surface area (Å²) in [6, 6.07) is 8.49. The van der Waals surface area contributed by atoms with Crippen LogP contribution in [0.5, 0.6) is 11.8 Å². The quantitative estimate of drug-likeness (QED) is 0.721. The van der Waals surface area contributed by atoms with Crippen molar-refractivity contribution in [3.63, 3.8) is 0 Å². The number of para-hydroxylation sites is 1. The maximum absolute atomic E-state index is 11.2. The van der Waals surface area contributed by atoms with Gasteiger partial charge in [0.1, 0.15) is 5.75 Å². The van der Waals surface area contributed by atoms with Gasteiger partial charge in [0.2, 0.25) is 10.0 Å². The molecule has 0 spiro atoms. The highest BCUT2D eigenvalue weighted by Gasteiger charge is 2.20. The number of sulfonamides is 1. The number of ether oxygens (including phenoxy) is 1. The first-order valence-electron chi connectivity index (χ1n) is 5.06. The SMILES string of the molecule is Nc1nc(Oc2ccccc2)nc(N)c1S(N)(=O)=O. The topological polar surface area (TPSA) is 147 Å². The van der Waals surface area contributed by atoms with Crippen LogP contribution in [0.15, 0.2) is 35.2 Å². The van der Waals surface area contributed by atoms with E-state index in [2.05, 4.69) is 9.97 Å². The maximum atomic E-state index is 11.2. The third kappa shape index (κ3) is 2.89. The molecule has 0 saturated heterocycles. The fourth-order valence-corrected chi connectivity index (χ4v) is 2.07. The molecule has 0 aliphatic heterocycles. The molecule has 8 nitrogen and oxygen atoms in total. The number of rotatable bonds is 3. The molecule has 0 radical (unpaired) electrons. The van der Waals surface area contributed by atoms with Crippen LogP contribution >= 0.6 is 0 Å². The van der Waals surface area contributed by atoms with E-state index in [1.165, 1.54) is 0 Å². The highest BCUT2D eigenvalue weighted by molar-refractivity contribution is 7.89. The average Bonchev–Trinajstić information content (AvgIpc) is 2.27. The Kier molecular flexibility index (Phi) is 3.23. The summed E-state index contributed by atoms with van der Waals surface area (Å²) in [4.78, 5) is 6.90. The number of hydrogen-bond donors (Lipinski definition) is 3. The molecule has 0 unspecified atom stereocenters. The summed E-state index contributed by atoms with van der Waals surface area (Å²) in [6.07, 6.45) is 0. The zero-order valence-electron chi connectivity index (χ0n) is 9.65. The van der Waals surface area contributed by atoms with Crippen molar-refractivity contribution in [1.29, 1.82) is 0 Å². The zero-order valence-corrected chi connectivity index (χ0v) is 10.5. The fraction of sp³-hybridized carbons (Fsp3) is 0. The van der Waals surface area contributed by atoms with Crippen LogP contribution in [-0.2, 0) is 10.0 Å². The minimum Gasteiger partial charge on any atom is -0.424 e. The summed E-state index contributed by atoms with van der Waals surface area (Å²) in [6.45, 7) is 0. The smallest absolute Gasteiger partial charge is 0.325 e. The number of nitrogens with zero attached hydrogens (tertiary/aromatic N) is 2. The molecule has 2 aromatic rings. The molecule has 0 bridgehead atoms. The Morgan fingerprint density at radius 3 is 2.00 bits per heavy atom. The third-order valence-electron chi connectivity index (χ3n) is 2.13. The van der Waals surface area contributed by atoms with Crippen molar-refractivity contribution < 1.29 is 13.2 Å². The van der Waals surface area contributed by atoms with Gasteiger partial charge in [-0.2, -0.15) is 9.97 Å². The molecule has 0 atom stereocenters. The Morgan fingerprint density at radius 2 is 1.53 bits per heavy atom. The van der Waals surface area contributed by atoms with Crippen LogP contribution in [0, 0.1) is 0 Å². The Labute approximate surface area is 109 Å². The molecule has 9 heteroatoms. The largest absolute Gasteiger partial charge is 0.424 e. The van der Waals surface area contributed by atoms with Crippen LogP contribution < -0.4 is 21.3 Å². The van der Waals surface area contributed by atoms with Crippen LogP contribution in [0.4, 0.5) is 11.6 Å². The predicted molar refractivity (Wildman–Crippen MR) is 68.7 cm³/mol. The Hall–Kier alpha value is -2.39. The van der Waals surface area contributed by atoms with Crippen LogP contribution in [0.2, 0.25) is 0 Å². The van der Waals surface area contributed by atoms with Crippen molar-refractivity contribution >= 4 is 21.7 Å². The molecule has 1 aromatic heterocycles. The van der Waals surface area contributed by atoms with Crippen LogP contribution in [0.3, 0.4) is 0 Å². The third-order valence-corrected chi connectivity index (χ3v) is 3.12. The summed E-state index contributed by atoms with van der Waals surface area (Å²) in [5.74, 6) is -0.258. The van der Waals surface area contributed by atoms with Gasteiger partial charge in [-0.15, -0.1) is 0 Å². The molecular formula is C10H11N5O3S. The lowest BCUT2D eigenvalue weighted by Gasteiger charge is -2.08. The van der Waals surface area contributed by atoms with Gasteiger partial charge in [0.15, 0.2) is 16.5 Å². The first-order valence-corrected chi connectivity index (χ1v) is 6.61. The van der Waals surface area contributed by atoms with Gasteiger partial charge in [-0.1, -0.05) is 18.2 Å². The molecule has 0 amide bonds. The number of nitrogen functional groups attached to an aromatic ring is 2. The van der Waals surface area contributed by atoms with Gasteiger partial charge < -0.3 is 16.2 Å². The Balaban J connectivity index is 2.41. The molecule has 0 aliphatic carbocycles. The average molecular weight is 281 g/mol. The predicted octanol–water partition coefficient (Wildman–Crippen LogP) is 0.0807. The van der Waals surface area contributed by atoms with Gasteiger partial charge in [-0.25, -0.2) is 13.6 Å². The molecule has 1 aromatic carbocycles. The summed E-state index contributed by atoms with van der Waals surface area (Å²) in [7, 11) is -4.08. The van der Waals surface area contributed by atoms with E-state index in [1.807, 2.05) is 0 Å². The second-order valence-corrected chi connectivity index (χ2v) is 5.06. The highest BCUT2D eigenvalue weighted by atomic mass is 32.2. The lowest BCUT2D eigenvalue weighted by atomic mass is 10.3. The first-order chi connectivity index (χ1) is 8.88. The van der Waals surface area contributed by atoms with Crippen molar-refractivity contribution in [1.82, 2.24) is 9.97 Å². The van der Waals surface area contributed by atoms with Crippen molar-refractivity contribution in [3.05, 3.63) is 30.3 Å². The van der Waals surface area contributed by atoms with Gasteiger partial charge in [-0.3, -0.25) is 0 Å². The van der Waals surface area contributed by atoms with Gasteiger partial charge in [0.05, 0.1) is 0 Å². The van der Waals surface area contributed by atoms with E-state index in [-0.39, 0.29) is 17.6 Å². The Bertz CT molecular complexity index is 679. The molecule has 1 heterocycles. The fourth-order valence-electron chi connectivity index (χ4n) is 1.39. The minimum atomic E-state index is -4.08. The summed E-state index contributed by atoms with van der Waals surface area (Å²) in [5, 5.41) is 4.95. The van der Waals surface area contributed by atoms with Gasteiger partial charge >= 0.3 is 6.01 Å². The Morgan fingerprint density at radius 1 is 1.00 bits per heavy atom. The van der Waals surface area contributed by atoms with E-state index in [4.69, 9.17) is 21.3 Å². The molecular weight excluding hydrogens is 270 g/mol. The molecule has 2 rings (SSSR count). The van der Waals surface area contributed by atoms with Crippen LogP contribution in [0.25, 0.3) is 0 Å². The van der Waals surface area contributed by atoms with Gasteiger partial charge in [0, 0.05) is 0 Å². The normalized spacial score (nSPS) is 11.2. The molecule has 19 heavy (non-hydrogen) atoms. The molecule has 0 fully saturated rings. The van der Waals surface area contributed by atoms with Crippen molar-refractivity contribution in [3.8, 4) is 11.8 Å². The summed E-state index contributed by atoms with van der Waals surface area (Å²) >= 11 is 0. The van der Waals surface area contributed by atoms with Gasteiger partial charge in [-0.05, 0) is 12.1 Å². The van der Waals surface area contributed by atoms with E-state index in [9.17, 15) is 8.42 Å². The number of anilines is 2. The lowest BCUT2D eigenvalue weighted by molar-refractivity contribution is 0.442. The van der Waals surface area contributed by atoms with Crippen molar-refractivity contribution in [2.45, 2.75) is 4.90 Å². The van der Waals surface area contributed by atoms with E-state index in [0.29, 0.717) is 5.75 Å². The standard InChI is InChI=1S/C10H11N5O3S/c11-8-7(19(13,16)17)9(12)15-10(14-8)18-6-4-2-1-3-5-6/h1-5H,(H2,13,16,17)(H4,11,12,14,15). The van der Waals surface area contributed by atoms with Crippen molar-refractivity contribution in [2.24, 2.45) is 5.14 Å². The van der Waals surface area contributed by atoms with Crippen molar-refractivity contribution in [2.75, 3.05) is 11.5 Å². The van der Waals surface area contributed by atoms with E-state index >= 15 is 0 Å². The summed E-state index contributed by atoms with van der Waals surface area (Å²) in [5.41, 5.74) is 11.0. The zero-order chi connectivity index (χ0) is 14.0. The molecule has 100 valence electrons. The number of primary sulfonamides is 1. The molecule has 6 N–H and O–H groups in total. The second-order valence-electron chi connectivity index (χ2n) is 3.57. The van der Waals surface area contributed by atoms with E-state index in [0.717, 1.165) is 0 Å². The summed E-state index contributed by atoms with van der Waals surface area (Å²) < 4.78 is 27.8.